The predicted molar refractivity (Wildman–Crippen MR) is 127 cm³/mol. The Morgan fingerprint density at radius 1 is 1.00 bits per heavy atom. The van der Waals surface area contributed by atoms with E-state index in [-0.39, 0.29) is 23.2 Å². The molecular formula is C24H23ClN4O4. The number of benzene rings is 2. The minimum absolute atomic E-state index is 0.244. The van der Waals surface area contributed by atoms with E-state index in [2.05, 4.69) is 10.6 Å². The molecule has 0 radical (unpaired) electrons. The van der Waals surface area contributed by atoms with Crippen LogP contribution in [0.2, 0.25) is 5.02 Å². The summed E-state index contributed by atoms with van der Waals surface area (Å²) in [6, 6.07) is 16.1. The second-order valence-corrected chi connectivity index (χ2v) is 8.01. The van der Waals surface area contributed by atoms with Gasteiger partial charge in [0.25, 0.3) is 5.56 Å². The number of methoxy groups -OCH3 is 1. The maximum Gasteiger partial charge on any atom is 0.322 e. The van der Waals surface area contributed by atoms with Crippen molar-refractivity contribution in [2.45, 2.75) is 18.9 Å². The van der Waals surface area contributed by atoms with Gasteiger partial charge >= 0.3 is 6.03 Å². The molecule has 1 saturated heterocycles. The third-order valence-corrected chi connectivity index (χ3v) is 5.71. The number of nitrogens with zero attached hydrogens (tertiary/aromatic N) is 2. The van der Waals surface area contributed by atoms with Gasteiger partial charge in [-0.25, -0.2) is 4.79 Å². The predicted octanol–water partition coefficient (Wildman–Crippen LogP) is 4.13. The average molecular weight is 467 g/mol. The molecule has 1 fully saturated rings. The summed E-state index contributed by atoms with van der Waals surface area (Å²) in [6.45, 7) is 0.495. The van der Waals surface area contributed by atoms with Gasteiger partial charge in [0.15, 0.2) is 5.75 Å². The third kappa shape index (κ3) is 5.01. The van der Waals surface area contributed by atoms with E-state index < -0.39 is 6.04 Å². The summed E-state index contributed by atoms with van der Waals surface area (Å²) in [5, 5.41) is 6.25. The van der Waals surface area contributed by atoms with E-state index in [1.165, 1.54) is 16.6 Å². The molecule has 170 valence electrons. The Morgan fingerprint density at radius 3 is 2.36 bits per heavy atom. The number of pyridine rings is 1. The van der Waals surface area contributed by atoms with Crippen molar-refractivity contribution < 1.29 is 14.3 Å². The molecule has 0 spiro atoms. The summed E-state index contributed by atoms with van der Waals surface area (Å²) >= 11 is 5.88. The van der Waals surface area contributed by atoms with E-state index in [9.17, 15) is 14.4 Å². The second kappa shape index (κ2) is 9.79. The maximum absolute atomic E-state index is 12.9. The first-order valence-electron chi connectivity index (χ1n) is 10.5. The highest BCUT2D eigenvalue weighted by atomic mass is 35.5. The first kappa shape index (κ1) is 22.4. The lowest BCUT2D eigenvalue weighted by atomic mass is 10.2. The highest BCUT2D eigenvalue weighted by molar-refractivity contribution is 6.30. The summed E-state index contributed by atoms with van der Waals surface area (Å²) in [5.41, 5.74) is 1.55. The summed E-state index contributed by atoms with van der Waals surface area (Å²) in [7, 11) is 1.45. The zero-order valence-corrected chi connectivity index (χ0v) is 18.7. The molecule has 2 heterocycles. The fourth-order valence-electron chi connectivity index (χ4n) is 3.77. The van der Waals surface area contributed by atoms with Crippen molar-refractivity contribution in [1.29, 1.82) is 0 Å². The van der Waals surface area contributed by atoms with Crippen LogP contribution >= 0.6 is 11.6 Å². The number of hydrogen-bond acceptors (Lipinski definition) is 4. The number of nitrogens with one attached hydrogen (secondary N) is 2. The minimum Gasteiger partial charge on any atom is -0.491 e. The molecule has 1 atom stereocenters. The number of anilines is 2. The normalized spacial score (nSPS) is 15.2. The number of rotatable bonds is 5. The van der Waals surface area contributed by atoms with Crippen molar-refractivity contribution in [3.8, 4) is 11.4 Å². The van der Waals surface area contributed by atoms with E-state index in [0.717, 1.165) is 6.42 Å². The Bertz CT molecular complexity index is 1210. The van der Waals surface area contributed by atoms with Crippen LogP contribution in [-0.4, -0.2) is 41.1 Å². The van der Waals surface area contributed by atoms with Crippen LogP contribution in [-0.2, 0) is 4.79 Å². The van der Waals surface area contributed by atoms with Crippen LogP contribution in [0, 0.1) is 0 Å². The highest BCUT2D eigenvalue weighted by Gasteiger charge is 2.34. The lowest BCUT2D eigenvalue weighted by molar-refractivity contribution is -0.119. The van der Waals surface area contributed by atoms with Gasteiger partial charge in [-0.1, -0.05) is 11.6 Å². The number of halogens is 1. The molecule has 4 rings (SSSR count). The Hall–Kier alpha value is -3.78. The van der Waals surface area contributed by atoms with Gasteiger partial charge < -0.3 is 20.3 Å². The lowest BCUT2D eigenvalue weighted by Gasteiger charge is -2.24. The number of amides is 3. The van der Waals surface area contributed by atoms with Crippen LogP contribution in [0.1, 0.15) is 12.8 Å². The number of ether oxygens (including phenoxy) is 1. The lowest BCUT2D eigenvalue weighted by Crippen LogP contribution is -2.45. The molecule has 1 aliphatic heterocycles. The second-order valence-electron chi connectivity index (χ2n) is 7.58. The largest absolute Gasteiger partial charge is 0.491 e. The number of likely N-dealkylation sites (tertiary alicyclic amines) is 1. The van der Waals surface area contributed by atoms with Gasteiger partial charge in [0.05, 0.1) is 7.11 Å². The smallest absolute Gasteiger partial charge is 0.322 e. The Morgan fingerprint density at radius 2 is 1.67 bits per heavy atom. The standard InChI is InChI=1S/C24H23ClN4O4/c1-33-21-5-3-14-28(23(21)31)19-12-10-17(11-13-19)26-22(30)20-4-2-15-29(20)24(32)27-18-8-6-16(25)7-9-18/h3,5-14,20H,2,4,15H2,1H3,(H,26,30)(H,27,32)/t20-/m1/s1. The Labute approximate surface area is 195 Å². The molecule has 3 amide bonds. The van der Waals surface area contributed by atoms with Gasteiger partial charge in [-0.3, -0.25) is 14.2 Å². The monoisotopic (exact) mass is 466 g/mol. The SMILES string of the molecule is COc1cccn(-c2ccc(NC(=O)[C@H]3CCCN3C(=O)Nc3ccc(Cl)cc3)cc2)c1=O. The molecule has 0 aliphatic carbocycles. The van der Waals surface area contributed by atoms with Crippen LogP contribution in [0.3, 0.4) is 0 Å². The van der Waals surface area contributed by atoms with Crippen LogP contribution < -0.4 is 20.9 Å². The van der Waals surface area contributed by atoms with E-state index in [1.807, 2.05) is 0 Å². The van der Waals surface area contributed by atoms with Crippen molar-refractivity contribution in [2.24, 2.45) is 0 Å². The molecule has 8 nitrogen and oxygen atoms in total. The van der Waals surface area contributed by atoms with Crippen molar-refractivity contribution in [3.05, 3.63) is 82.2 Å². The van der Waals surface area contributed by atoms with E-state index in [1.54, 1.807) is 66.9 Å². The summed E-state index contributed by atoms with van der Waals surface area (Å²) in [5.74, 6) is -0.0156. The fourth-order valence-corrected chi connectivity index (χ4v) is 3.90. The number of hydrogen-bond donors (Lipinski definition) is 2. The number of aromatic nitrogens is 1. The van der Waals surface area contributed by atoms with Crippen LogP contribution in [0.4, 0.5) is 16.2 Å². The molecule has 1 aliphatic rings. The van der Waals surface area contributed by atoms with Gasteiger partial charge in [-0.15, -0.1) is 0 Å². The van der Waals surface area contributed by atoms with Gasteiger partial charge in [-0.2, -0.15) is 0 Å². The van der Waals surface area contributed by atoms with E-state index in [0.29, 0.717) is 35.1 Å². The zero-order chi connectivity index (χ0) is 23.4. The molecule has 9 heteroatoms. The molecule has 3 aromatic rings. The minimum atomic E-state index is -0.571. The van der Waals surface area contributed by atoms with Crippen molar-refractivity contribution in [1.82, 2.24) is 9.47 Å². The van der Waals surface area contributed by atoms with Crippen LogP contribution in [0.25, 0.3) is 5.69 Å². The van der Waals surface area contributed by atoms with E-state index >= 15 is 0 Å². The summed E-state index contributed by atoms with van der Waals surface area (Å²) in [4.78, 5) is 39.5. The highest BCUT2D eigenvalue weighted by Crippen LogP contribution is 2.22. The van der Waals surface area contributed by atoms with Crippen LogP contribution in [0.5, 0.6) is 5.75 Å². The molecule has 2 N–H and O–H groups in total. The van der Waals surface area contributed by atoms with Crippen LogP contribution in [0.15, 0.2) is 71.7 Å². The topological polar surface area (TPSA) is 92.7 Å². The van der Waals surface area contributed by atoms with Crippen molar-refractivity contribution >= 4 is 34.9 Å². The average Bonchev–Trinajstić information content (AvgIpc) is 3.32. The maximum atomic E-state index is 12.9. The number of carbonyl (C=O) groups excluding carboxylic acids is 2. The molecule has 0 bridgehead atoms. The van der Waals surface area contributed by atoms with Crippen molar-refractivity contribution in [3.63, 3.8) is 0 Å². The zero-order valence-electron chi connectivity index (χ0n) is 18.0. The van der Waals surface area contributed by atoms with Crippen molar-refractivity contribution in [2.75, 3.05) is 24.3 Å². The Kier molecular flexibility index (Phi) is 6.65. The van der Waals surface area contributed by atoms with Gasteiger partial charge in [-0.05, 0) is 73.5 Å². The molecule has 0 unspecified atom stereocenters. The first-order valence-corrected chi connectivity index (χ1v) is 10.8. The van der Waals surface area contributed by atoms with Gasteiger partial charge in [0, 0.05) is 34.8 Å². The molecule has 1 aromatic heterocycles. The quantitative estimate of drug-likeness (QED) is 0.591. The fraction of sp³-hybridized carbons (Fsp3) is 0.208. The molecule has 0 saturated carbocycles. The molecule has 33 heavy (non-hydrogen) atoms. The summed E-state index contributed by atoms with van der Waals surface area (Å²) < 4.78 is 6.54. The molecular weight excluding hydrogens is 444 g/mol. The van der Waals surface area contributed by atoms with Gasteiger partial charge in [0.1, 0.15) is 6.04 Å². The van der Waals surface area contributed by atoms with Gasteiger partial charge in [0.2, 0.25) is 5.91 Å². The van der Waals surface area contributed by atoms with E-state index in [4.69, 9.17) is 16.3 Å². The number of urea groups is 1. The third-order valence-electron chi connectivity index (χ3n) is 5.46. The summed E-state index contributed by atoms with van der Waals surface area (Å²) in [6.07, 6.45) is 2.97. The molecule has 2 aromatic carbocycles. The first-order chi connectivity index (χ1) is 16.0. The number of carbonyl (C=O) groups is 2. The Balaban J connectivity index is 1.42.